The molecule has 1 unspecified atom stereocenters. The number of ether oxygens (including phenoxy) is 3. The van der Waals surface area contributed by atoms with Gasteiger partial charge in [-0.3, -0.25) is 0 Å². The van der Waals surface area contributed by atoms with Gasteiger partial charge in [0, 0.05) is 12.0 Å². The first-order valence-electron chi connectivity index (χ1n) is 8.18. The van der Waals surface area contributed by atoms with Crippen LogP contribution in [0.5, 0.6) is 11.5 Å². The fourth-order valence-corrected chi connectivity index (χ4v) is 2.98. The number of hydrogen-bond donors (Lipinski definition) is 2. The predicted octanol–water partition coefficient (Wildman–Crippen LogP) is 2.38. The lowest BCUT2D eigenvalue weighted by molar-refractivity contribution is 0.0398. The van der Waals surface area contributed by atoms with E-state index in [1.807, 2.05) is 30.3 Å². The number of rotatable bonds is 6. The third kappa shape index (κ3) is 3.69. The summed E-state index contributed by atoms with van der Waals surface area (Å²) in [4.78, 5) is 23.5. The van der Waals surface area contributed by atoms with Crippen molar-refractivity contribution in [2.24, 2.45) is 10.8 Å². The maximum atomic E-state index is 12.4. The normalized spacial score (nSPS) is 15.7. The summed E-state index contributed by atoms with van der Waals surface area (Å²) in [7, 11) is 2.96. The number of nitrogens with two attached hydrogens (primary N) is 1. The number of cyclic esters (lactones) is 1. The Morgan fingerprint density at radius 1 is 1.19 bits per heavy atom. The second kappa shape index (κ2) is 7.77. The van der Waals surface area contributed by atoms with Crippen LogP contribution in [0.1, 0.15) is 34.0 Å². The highest BCUT2D eigenvalue weighted by Crippen LogP contribution is 2.43. The van der Waals surface area contributed by atoms with E-state index in [0.29, 0.717) is 28.3 Å². The molecule has 0 bridgehead atoms. The van der Waals surface area contributed by atoms with E-state index < -0.39 is 18.1 Å². The van der Waals surface area contributed by atoms with Gasteiger partial charge < -0.3 is 19.9 Å². The standard InChI is InChI=1S/C19H19N3O5/c1-25-14-9-8-12-15(27-18(23)16(12)17(14)26-2)10-13(21-22-19(20)24)11-6-4-3-5-7-11/h3-9,15H,10H2,1-2H3,(H3,20,22,24)/b21-13-. The van der Waals surface area contributed by atoms with Crippen LogP contribution in [0, 0.1) is 0 Å². The zero-order valence-electron chi connectivity index (χ0n) is 14.9. The van der Waals surface area contributed by atoms with Crippen molar-refractivity contribution in [3.63, 3.8) is 0 Å². The fraction of sp³-hybridized carbons (Fsp3) is 0.211. The first kappa shape index (κ1) is 18.2. The molecule has 1 atom stereocenters. The molecule has 2 amide bonds. The van der Waals surface area contributed by atoms with E-state index in [-0.39, 0.29) is 6.42 Å². The molecule has 1 heterocycles. The van der Waals surface area contributed by atoms with Gasteiger partial charge in [-0.1, -0.05) is 36.4 Å². The molecular weight excluding hydrogens is 350 g/mol. The Morgan fingerprint density at radius 3 is 2.56 bits per heavy atom. The molecule has 3 N–H and O–H groups in total. The van der Waals surface area contributed by atoms with Crippen LogP contribution in [0.15, 0.2) is 47.6 Å². The highest BCUT2D eigenvalue weighted by Gasteiger charge is 2.36. The third-order valence-corrected chi connectivity index (χ3v) is 4.16. The minimum atomic E-state index is -0.779. The molecular formula is C19H19N3O5. The van der Waals surface area contributed by atoms with E-state index in [9.17, 15) is 9.59 Å². The zero-order valence-corrected chi connectivity index (χ0v) is 14.9. The van der Waals surface area contributed by atoms with Crippen LogP contribution in [0.25, 0.3) is 0 Å². The topological polar surface area (TPSA) is 112 Å². The Kier molecular flexibility index (Phi) is 5.25. The Morgan fingerprint density at radius 2 is 1.93 bits per heavy atom. The molecule has 2 aromatic carbocycles. The van der Waals surface area contributed by atoms with Crippen molar-refractivity contribution in [3.8, 4) is 11.5 Å². The lowest BCUT2D eigenvalue weighted by atomic mass is 9.97. The number of fused-ring (bicyclic) bond motifs is 1. The molecule has 8 nitrogen and oxygen atoms in total. The fourth-order valence-electron chi connectivity index (χ4n) is 2.98. The number of hydrogen-bond acceptors (Lipinski definition) is 6. The summed E-state index contributed by atoms with van der Waals surface area (Å²) in [5.74, 6) is 0.276. The Balaban J connectivity index is 1.97. The average Bonchev–Trinajstić information content (AvgIpc) is 3.00. The van der Waals surface area contributed by atoms with Gasteiger partial charge in [0.25, 0.3) is 0 Å². The second-order valence-electron chi connectivity index (χ2n) is 5.76. The number of esters is 1. The smallest absolute Gasteiger partial charge is 0.343 e. The molecule has 3 rings (SSSR count). The van der Waals surface area contributed by atoms with Gasteiger partial charge in [0.05, 0.1) is 19.9 Å². The van der Waals surface area contributed by atoms with Crippen LogP contribution in [0.2, 0.25) is 0 Å². The number of benzene rings is 2. The number of nitrogens with zero attached hydrogens (tertiary/aromatic N) is 1. The monoisotopic (exact) mass is 369 g/mol. The Bertz CT molecular complexity index is 896. The van der Waals surface area contributed by atoms with E-state index in [1.54, 1.807) is 12.1 Å². The van der Waals surface area contributed by atoms with E-state index in [0.717, 1.165) is 5.56 Å². The van der Waals surface area contributed by atoms with Crippen molar-refractivity contribution < 1.29 is 23.8 Å². The van der Waals surface area contributed by atoms with Crippen molar-refractivity contribution in [2.75, 3.05) is 14.2 Å². The van der Waals surface area contributed by atoms with Crippen LogP contribution >= 0.6 is 0 Å². The van der Waals surface area contributed by atoms with Crippen LogP contribution in [0.4, 0.5) is 4.79 Å². The van der Waals surface area contributed by atoms with Gasteiger partial charge in [0.2, 0.25) is 0 Å². The molecule has 0 spiro atoms. The molecule has 0 fully saturated rings. The number of primary amides is 1. The largest absolute Gasteiger partial charge is 0.493 e. The molecule has 1 aliphatic heterocycles. The summed E-state index contributed by atoms with van der Waals surface area (Å²) >= 11 is 0. The molecule has 0 saturated heterocycles. The van der Waals surface area contributed by atoms with Gasteiger partial charge in [-0.25, -0.2) is 15.0 Å². The average molecular weight is 369 g/mol. The minimum absolute atomic E-state index is 0.249. The first-order chi connectivity index (χ1) is 13.0. The van der Waals surface area contributed by atoms with Crippen molar-refractivity contribution >= 4 is 17.7 Å². The van der Waals surface area contributed by atoms with E-state index in [2.05, 4.69) is 10.5 Å². The molecule has 0 saturated carbocycles. The Labute approximate surface area is 155 Å². The zero-order chi connectivity index (χ0) is 19.4. The predicted molar refractivity (Wildman–Crippen MR) is 98.0 cm³/mol. The van der Waals surface area contributed by atoms with Crippen molar-refractivity contribution in [1.29, 1.82) is 0 Å². The summed E-state index contributed by atoms with van der Waals surface area (Å²) in [6, 6.07) is 11.9. The summed E-state index contributed by atoms with van der Waals surface area (Å²) in [5, 5.41) is 4.08. The highest BCUT2D eigenvalue weighted by molar-refractivity contribution is 6.03. The van der Waals surface area contributed by atoms with Crippen LogP contribution in [-0.2, 0) is 4.74 Å². The Hall–Kier alpha value is -3.55. The lowest BCUT2D eigenvalue weighted by Crippen LogP contribution is -2.26. The number of urea groups is 1. The number of methoxy groups -OCH3 is 2. The van der Waals surface area contributed by atoms with Crippen molar-refractivity contribution in [3.05, 3.63) is 59.2 Å². The highest BCUT2D eigenvalue weighted by atomic mass is 16.6. The summed E-state index contributed by atoms with van der Waals surface area (Å²) < 4.78 is 16.1. The number of nitrogens with one attached hydrogen (secondary N) is 1. The second-order valence-corrected chi connectivity index (χ2v) is 5.76. The first-order valence-corrected chi connectivity index (χ1v) is 8.18. The molecule has 0 aliphatic carbocycles. The van der Waals surface area contributed by atoms with Gasteiger partial charge >= 0.3 is 12.0 Å². The number of hydrazone groups is 1. The third-order valence-electron chi connectivity index (χ3n) is 4.16. The van der Waals surface area contributed by atoms with E-state index in [4.69, 9.17) is 19.9 Å². The number of carbonyl (C=O) groups is 2. The lowest BCUT2D eigenvalue weighted by Gasteiger charge is -2.14. The minimum Gasteiger partial charge on any atom is -0.493 e. The van der Waals surface area contributed by atoms with E-state index in [1.165, 1.54) is 14.2 Å². The summed E-state index contributed by atoms with van der Waals surface area (Å²) in [6.45, 7) is 0. The molecule has 0 aromatic heterocycles. The number of carbonyl (C=O) groups excluding carboxylic acids is 2. The van der Waals surface area contributed by atoms with Gasteiger partial charge in [0.1, 0.15) is 11.7 Å². The molecule has 1 aliphatic rings. The van der Waals surface area contributed by atoms with Crippen LogP contribution in [0.3, 0.4) is 0 Å². The molecule has 2 aromatic rings. The molecule has 0 radical (unpaired) electrons. The van der Waals surface area contributed by atoms with Gasteiger partial charge in [-0.2, -0.15) is 5.10 Å². The van der Waals surface area contributed by atoms with Crippen molar-refractivity contribution in [2.45, 2.75) is 12.5 Å². The summed E-state index contributed by atoms with van der Waals surface area (Å²) in [5.41, 5.74) is 9.65. The SMILES string of the molecule is COc1ccc2c(c1OC)C(=O)OC2C/C(=N/NC(N)=O)c1ccccc1. The van der Waals surface area contributed by atoms with Crippen molar-refractivity contribution in [1.82, 2.24) is 5.43 Å². The summed E-state index contributed by atoms with van der Waals surface area (Å²) in [6.07, 6.45) is -0.334. The van der Waals surface area contributed by atoms with Gasteiger partial charge in [-0.15, -0.1) is 0 Å². The van der Waals surface area contributed by atoms with Crippen LogP contribution < -0.4 is 20.6 Å². The van der Waals surface area contributed by atoms with Crippen LogP contribution in [-0.4, -0.2) is 31.9 Å². The quantitative estimate of drug-likeness (QED) is 0.461. The molecule has 140 valence electrons. The molecule has 8 heteroatoms. The maximum absolute atomic E-state index is 12.4. The molecule has 27 heavy (non-hydrogen) atoms. The van der Waals surface area contributed by atoms with Gasteiger partial charge in [-0.05, 0) is 11.6 Å². The van der Waals surface area contributed by atoms with E-state index >= 15 is 0 Å². The maximum Gasteiger partial charge on any atom is 0.343 e. The number of amides is 2. The van der Waals surface area contributed by atoms with Gasteiger partial charge in [0.15, 0.2) is 11.5 Å².